The lowest BCUT2D eigenvalue weighted by Gasteiger charge is -2.25. The van der Waals surface area contributed by atoms with Crippen LogP contribution in [0.4, 0.5) is 0 Å². The number of thioether (sulfide) groups is 1. The molecule has 3 atom stereocenters. The van der Waals surface area contributed by atoms with E-state index in [-0.39, 0.29) is 11.8 Å². The van der Waals surface area contributed by atoms with Crippen LogP contribution in [0.1, 0.15) is 32.3 Å². The van der Waals surface area contributed by atoms with Gasteiger partial charge in [-0.1, -0.05) is 63.3 Å². The Balaban J connectivity index is 2.69. The summed E-state index contributed by atoms with van der Waals surface area (Å²) in [6, 6.07) is 10.1. The second kappa shape index (κ2) is 7.14. The average Bonchev–Trinajstić information content (AvgIpc) is 2.37. The molecule has 1 aromatic rings. The summed E-state index contributed by atoms with van der Waals surface area (Å²) in [7, 11) is 0. The van der Waals surface area contributed by atoms with Crippen molar-refractivity contribution in [3.8, 4) is 0 Å². The van der Waals surface area contributed by atoms with Gasteiger partial charge in [0.15, 0.2) is 0 Å². The van der Waals surface area contributed by atoms with E-state index in [9.17, 15) is 5.11 Å². The Morgan fingerprint density at radius 2 is 1.88 bits per heavy atom. The zero-order valence-electron chi connectivity index (χ0n) is 10.6. The molecule has 0 heterocycles. The first-order chi connectivity index (χ1) is 8.07. The summed E-state index contributed by atoms with van der Waals surface area (Å²) in [5.74, 6) is 1.13. The minimum Gasteiger partial charge on any atom is -0.392 e. The van der Waals surface area contributed by atoms with Crippen molar-refractivity contribution >= 4 is 28.2 Å². The quantitative estimate of drug-likeness (QED) is 0.819. The highest BCUT2D eigenvalue weighted by atomic mass is 32.2. The van der Waals surface area contributed by atoms with Gasteiger partial charge in [0, 0.05) is 11.8 Å². The Bertz CT molecular complexity index is 350. The van der Waals surface area contributed by atoms with Crippen LogP contribution < -0.4 is 0 Å². The zero-order valence-corrected chi connectivity index (χ0v) is 12.2. The molecular weight excluding hydrogens is 248 g/mol. The monoisotopic (exact) mass is 268 g/mol. The molecule has 17 heavy (non-hydrogen) atoms. The molecule has 0 saturated heterocycles. The Labute approximate surface area is 114 Å². The maximum absolute atomic E-state index is 10.3. The summed E-state index contributed by atoms with van der Waals surface area (Å²) in [5.41, 5.74) is 1.16. The predicted octanol–water partition coefficient (Wildman–Crippen LogP) is 3.87. The molecule has 0 spiro atoms. The normalized spacial score (nSPS) is 16.2. The molecule has 1 N–H and O–H groups in total. The van der Waals surface area contributed by atoms with Gasteiger partial charge in [-0.2, -0.15) is 0 Å². The summed E-state index contributed by atoms with van der Waals surface area (Å²) < 4.78 is 0.905. The largest absolute Gasteiger partial charge is 0.392 e. The number of benzene rings is 1. The third-order valence-corrected chi connectivity index (χ3v) is 4.68. The van der Waals surface area contributed by atoms with E-state index in [1.807, 2.05) is 25.1 Å². The van der Waals surface area contributed by atoms with Crippen LogP contribution in [-0.4, -0.2) is 21.2 Å². The van der Waals surface area contributed by atoms with Gasteiger partial charge in [0.2, 0.25) is 0 Å². The third kappa shape index (κ3) is 4.09. The molecule has 0 saturated carbocycles. The molecule has 94 valence electrons. The third-order valence-electron chi connectivity index (χ3n) is 3.01. The smallest absolute Gasteiger partial charge is 0.0685 e. The highest BCUT2D eigenvalue weighted by Crippen LogP contribution is 2.27. The van der Waals surface area contributed by atoms with Gasteiger partial charge >= 0.3 is 0 Å². The molecule has 0 aliphatic rings. The Morgan fingerprint density at radius 3 is 2.41 bits per heavy atom. The van der Waals surface area contributed by atoms with E-state index in [0.717, 1.165) is 15.5 Å². The van der Waals surface area contributed by atoms with Crippen LogP contribution >= 0.6 is 24.0 Å². The van der Waals surface area contributed by atoms with Crippen molar-refractivity contribution in [1.29, 1.82) is 0 Å². The zero-order chi connectivity index (χ0) is 12.8. The summed E-state index contributed by atoms with van der Waals surface area (Å²) in [6.45, 7) is 6.14. The second-order valence-electron chi connectivity index (χ2n) is 4.23. The predicted molar refractivity (Wildman–Crippen MR) is 80.8 cm³/mol. The van der Waals surface area contributed by atoms with Crippen LogP contribution in [0.15, 0.2) is 30.3 Å². The van der Waals surface area contributed by atoms with Gasteiger partial charge in [0.25, 0.3) is 0 Å². The lowest BCUT2D eigenvalue weighted by Crippen LogP contribution is -2.28. The number of aliphatic hydroxyl groups excluding tert-OH is 1. The highest BCUT2D eigenvalue weighted by Gasteiger charge is 2.25. The summed E-state index contributed by atoms with van der Waals surface area (Å²) in [6.07, 6.45) is -0.413. The van der Waals surface area contributed by atoms with Gasteiger partial charge in [-0.05, 0) is 11.3 Å². The van der Waals surface area contributed by atoms with E-state index < -0.39 is 6.10 Å². The molecule has 3 heteroatoms. The number of hydrogen-bond donors (Lipinski definition) is 1. The van der Waals surface area contributed by atoms with Crippen LogP contribution in [0.2, 0.25) is 0 Å². The molecule has 0 bridgehead atoms. The van der Waals surface area contributed by atoms with Gasteiger partial charge < -0.3 is 5.11 Å². The van der Waals surface area contributed by atoms with Crippen molar-refractivity contribution in [3.63, 3.8) is 0 Å². The molecule has 0 amide bonds. The molecule has 0 aromatic heterocycles. The van der Waals surface area contributed by atoms with E-state index in [2.05, 4.69) is 26.0 Å². The molecular formula is C14H20OS2. The number of thiocarbonyl (C=S) groups is 1. The van der Waals surface area contributed by atoms with E-state index in [1.165, 1.54) is 0 Å². The van der Waals surface area contributed by atoms with Crippen molar-refractivity contribution in [3.05, 3.63) is 35.9 Å². The summed E-state index contributed by atoms with van der Waals surface area (Å²) in [4.78, 5) is 0. The maximum Gasteiger partial charge on any atom is 0.0685 e. The summed E-state index contributed by atoms with van der Waals surface area (Å²) in [5, 5.41) is 10.3. The van der Waals surface area contributed by atoms with Crippen LogP contribution in [-0.2, 0) is 0 Å². The minimum absolute atomic E-state index is 0.0464. The maximum atomic E-state index is 10.3. The minimum atomic E-state index is -0.413. The van der Waals surface area contributed by atoms with Gasteiger partial charge in [-0.25, -0.2) is 0 Å². The molecule has 0 radical (unpaired) electrons. The second-order valence-corrected chi connectivity index (χ2v) is 6.23. The first-order valence-electron chi connectivity index (χ1n) is 5.97. The van der Waals surface area contributed by atoms with Crippen molar-refractivity contribution in [2.75, 3.05) is 5.75 Å². The Kier molecular flexibility index (Phi) is 6.17. The first-order valence-corrected chi connectivity index (χ1v) is 7.37. The number of rotatable bonds is 5. The first kappa shape index (κ1) is 14.7. The van der Waals surface area contributed by atoms with E-state index in [1.54, 1.807) is 11.8 Å². The van der Waals surface area contributed by atoms with Crippen molar-refractivity contribution in [2.45, 2.75) is 32.8 Å². The highest BCUT2D eigenvalue weighted by molar-refractivity contribution is 8.23. The lowest BCUT2D eigenvalue weighted by molar-refractivity contribution is 0.123. The van der Waals surface area contributed by atoms with Gasteiger partial charge in [-0.3, -0.25) is 0 Å². The van der Waals surface area contributed by atoms with Crippen molar-refractivity contribution < 1.29 is 5.11 Å². The van der Waals surface area contributed by atoms with E-state index >= 15 is 0 Å². The van der Waals surface area contributed by atoms with Gasteiger partial charge in [0.05, 0.1) is 10.3 Å². The Hall–Kier alpha value is -0.380. The van der Waals surface area contributed by atoms with Crippen LogP contribution in [0, 0.1) is 5.92 Å². The molecule has 0 fully saturated rings. The van der Waals surface area contributed by atoms with Gasteiger partial charge in [-0.15, -0.1) is 11.8 Å². The van der Waals surface area contributed by atoms with Crippen molar-refractivity contribution in [2.24, 2.45) is 5.92 Å². The van der Waals surface area contributed by atoms with Crippen LogP contribution in [0.3, 0.4) is 0 Å². The number of hydrogen-bond acceptors (Lipinski definition) is 3. The van der Waals surface area contributed by atoms with E-state index in [4.69, 9.17) is 12.2 Å². The molecule has 0 aliphatic heterocycles. The average molecular weight is 268 g/mol. The van der Waals surface area contributed by atoms with Crippen molar-refractivity contribution in [1.82, 2.24) is 0 Å². The SMILES string of the molecule is CCSC(=S)[C@H](C)[C@@H](O)[C@H](C)c1ccccc1. The van der Waals surface area contributed by atoms with Gasteiger partial charge in [0.1, 0.15) is 0 Å². The molecule has 1 nitrogen and oxygen atoms in total. The standard InChI is InChI=1S/C14H20OS2/c1-4-17-14(16)11(3)13(15)10(2)12-8-6-5-7-9-12/h5-11,13,15H,4H2,1-3H3/t10-,11-,13+/m1/s1. The number of aliphatic hydroxyl groups is 1. The lowest BCUT2D eigenvalue weighted by atomic mass is 9.89. The van der Waals surface area contributed by atoms with Crippen LogP contribution in [0.25, 0.3) is 0 Å². The fourth-order valence-electron chi connectivity index (χ4n) is 1.80. The molecule has 0 unspecified atom stereocenters. The molecule has 1 aromatic carbocycles. The molecule has 0 aliphatic carbocycles. The fourth-order valence-corrected chi connectivity index (χ4v) is 2.98. The molecule has 1 rings (SSSR count). The Morgan fingerprint density at radius 1 is 1.29 bits per heavy atom. The topological polar surface area (TPSA) is 20.2 Å². The fraction of sp³-hybridized carbons (Fsp3) is 0.500. The van der Waals surface area contributed by atoms with E-state index in [0.29, 0.717) is 0 Å². The van der Waals surface area contributed by atoms with Crippen LogP contribution in [0.5, 0.6) is 0 Å². The summed E-state index contributed by atoms with van der Waals surface area (Å²) >= 11 is 6.98.